The molecule has 0 bridgehead atoms. The molecule has 1 aromatic rings. The van der Waals surface area contributed by atoms with E-state index in [0.29, 0.717) is 5.56 Å². The number of carbonyl (C=O) groups excluding carboxylic acids is 1. The molecule has 0 aliphatic carbocycles. The van der Waals surface area contributed by atoms with Crippen LogP contribution in [0.25, 0.3) is 0 Å². The molecule has 0 aliphatic rings. The van der Waals surface area contributed by atoms with Gasteiger partial charge in [0.2, 0.25) is 5.91 Å². The Kier molecular flexibility index (Phi) is 4.52. The summed E-state index contributed by atoms with van der Waals surface area (Å²) in [6, 6.07) is 3.17. The second-order valence-corrected chi connectivity index (χ2v) is 3.97. The number of hydrogen-bond donors (Lipinski definition) is 2. The molecule has 2 N–H and O–H groups in total. The number of benzene rings is 1. The van der Waals surface area contributed by atoms with Crippen LogP contribution >= 0.6 is 0 Å². The number of halogens is 3. The smallest absolute Gasteiger partial charge is 0.416 e. The zero-order chi connectivity index (χ0) is 14.6. The first-order valence-electron chi connectivity index (χ1n) is 5.36. The third-order valence-electron chi connectivity index (χ3n) is 2.40. The van der Waals surface area contributed by atoms with Crippen LogP contribution in [0.1, 0.15) is 30.5 Å². The predicted molar refractivity (Wildman–Crippen MR) is 60.3 cm³/mol. The van der Waals surface area contributed by atoms with Crippen LogP contribution in [0.3, 0.4) is 0 Å². The van der Waals surface area contributed by atoms with Gasteiger partial charge in [-0.15, -0.1) is 0 Å². The van der Waals surface area contributed by atoms with Crippen LogP contribution < -0.4 is 5.32 Å². The van der Waals surface area contributed by atoms with Crippen molar-refractivity contribution in [1.82, 2.24) is 5.32 Å². The van der Waals surface area contributed by atoms with Crippen molar-refractivity contribution in [3.05, 3.63) is 35.4 Å². The average molecular weight is 275 g/mol. The van der Waals surface area contributed by atoms with E-state index in [9.17, 15) is 22.8 Å². The predicted octanol–water partition coefficient (Wildman–Crippen LogP) is 2.36. The van der Waals surface area contributed by atoms with Gasteiger partial charge in [0.1, 0.15) is 0 Å². The molecule has 0 saturated heterocycles. The van der Waals surface area contributed by atoms with Gasteiger partial charge in [0.15, 0.2) is 0 Å². The number of carbonyl (C=O) groups is 2. The molecule has 0 heterocycles. The van der Waals surface area contributed by atoms with E-state index in [1.807, 2.05) is 0 Å². The summed E-state index contributed by atoms with van der Waals surface area (Å²) in [6.45, 7) is 1.21. The monoisotopic (exact) mass is 275 g/mol. The van der Waals surface area contributed by atoms with Gasteiger partial charge < -0.3 is 10.4 Å². The number of hydrogen-bond acceptors (Lipinski definition) is 2. The van der Waals surface area contributed by atoms with E-state index in [2.05, 4.69) is 5.32 Å². The Balaban J connectivity index is 2.96. The second-order valence-electron chi connectivity index (χ2n) is 3.97. The van der Waals surface area contributed by atoms with Gasteiger partial charge in [-0.2, -0.15) is 13.2 Å². The molecule has 104 valence electrons. The first-order chi connectivity index (χ1) is 8.70. The van der Waals surface area contributed by atoms with Crippen LogP contribution in [0, 0.1) is 0 Å². The third kappa shape index (κ3) is 4.61. The molecule has 0 spiro atoms. The maximum atomic E-state index is 12.4. The van der Waals surface area contributed by atoms with Crippen LogP contribution in [-0.4, -0.2) is 17.0 Å². The minimum Gasteiger partial charge on any atom is -0.481 e. The van der Waals surface area contributed by atoms with Gasteiger partial charge in [0, 0.05) is 6.92 Å². The lowest BCUT2D eigenvalue weighted by molar-refractivity contribution is -0.139. The molecular formula is C12H12F3NO3. The molecule has 19 heavy (non-hydrogen) atoms. The summed E-state index contributed by atoms with van der Waals surface area (Å²) < 4.78 is 37.1. The van der Waals surface area contributed by atoms with Crippen LogP contribution in [0.15, 0.2) is 24.3 Å². The summed E-state index contributed by atoms with van der Waals surface area (Å²) in [5.41, 5.74) is -0.515. The molecule has 1 atom stereocenters. The highest BCUT2D eigenvalue weighted by Gasteiger charge is 2.30. The van der Waals surface area contributed by atoms with Crippen molar-refractivity contribution in [3.63, 3.8) is 0 Å². The molecular weight excluding hydrogens is 263 g/mol. The van der Waals surface area contributed by atoms with E-state index in [0.717, 1.165) is 24.3 Å². The summed E-state index contributed by atoms with van der Waals surface area (Å²) in [4.78, 5) is 21.6. The maximum absolute atomic E-state index is 12.4. The molecule has 7 heteroatoms. The fourth-order valence-corrected chi connectivity index (χ4v) is 1.58. The lowest BCUT2D eigenvalue weighted by Gasteiger charge is -2.17. The van der Waals surface area contributed by atoms with E-state index in [1.54, 1.807) is 0 Å². The van der Waals surface area contributed by atoms with Gasteiger partial charge in [-0.3, -0.25) is 9.59 Å². The first kappa shape index (κ1) is 15.0. The van der Waals surface area contributed by atoms with Crippen molar-refractivity contribution in [2.75, 3.05) is 0 Å². The molecule has 1 rings (SSSR count). The molecule has 0 aliphatic heterocycles. The largest absolute Gasteiger partial charge is 0.481 e. The summed E-state index contributed by atoms with van der Waals surface area (Å²) in [5.74, 6) is -1.61. The van der Waals surface area contributed by atoms with E-state index in [-0.39, 0.29) is 0 Å². The first-order valence-corrected chi connectivity index (χ1v) is 5.36. The van der Waals surface area contributed by atoms with E-state index < -0.39 is 36.1 Å². The van der Waals surface area contributed by atoms with Gasteiger partial charge in [-0.25, -0.2) is 0 Å². The van der Waals surface area contributed by atoms with Gasteiger partial charge in [0.25, 0.3) is 0 Å². The number of aliphatic carboxylic acids is 1. The highest BCUT2D eigenvalue weighted by molar-refractivity contribution is 5.75. The van der Waals surface area contributed by atoms with E-state index in [4.69, 9.17) is 5.11 Å². The second kappa shape index (κ2) is 5.73. The third-order valence-corrected chi connectivity index (χ3v) is 2.40. The molecule has 0 aromatic heterocycles. The van der Waals surface area contributed by atoms with Crippen molar-refractivity contribution in [1.29, 1.82) is 0 Å². The van der Waals surface area contributed by atoms with Crippen LogP contribution in [0.4, 0.5) is 13.2 Å². The Morgan fingerprint density at radius 3 is 2.16 bits per heavy atom. The molecule has 1 amide bonds. The van der Waals surface area contributed by atoms with Crippen molar-refractivity contribution in [3.8, 4) is 0 Å². The summed E-state index contributed by atoms with van der Waals surface area (Å²) in [6.07, 6.45) is -4.85. The van der Waals surface area contributed by atoms with E-state index in [1.165, 1.54) is 6.92 Å². The van der Waals surface area contributed by atoms with Crippen LogP contribution in [-0.2, 0) is 15.8 Å². The summed E-state index contributed by atoms with van der Waals surface area (Å²) in [7, 11) is 0. The molecule has 4 nitrogen and oxygen atoms in total. The maximum Gasteiger partial charge on any atom is 0.416 e. The number of carboxylic acids is 1. The molecule has 0 radical (unpaired) electrons. The highest BCUT2D eigenvalue weighted by atomic mass is 19.4. The Hall–Kier alpha value is -2.05. The molecule has 0 saturated carbocycles. The quantitative estimate of drug-likeness (QED) is 0.886. The lowest BCUT2D eigenvalue weighted by Crippen LogP contribution is -2.28. The van der Waals surface area contributed by atoms with Gasteiger partial charge in [0.05, 0.1) is 18.0 Å². The minimum atomic E-state index is -4.45. The average Bonchev–Trinajstić information content (AvgIpc) is 2.26. The number of amides is 1. The summed E-state index contributed by atoms with van der Waals surface area (Å²) in [5, 5.41) is 11.1. The molecule has 1 aromatic carbocycles. The summed E-state index contributed by atoms with van der Waals surface area (Å²) >= 11 is 0. The van der Waals surface area contributed by atoms with E-state index >= 15 is 0 Å². The Bertz CT molecular complexity index is 452. The van der Waals surface area contributed by atoms with Crippen molar-refractivity contribution >= 4 is 11.9 Å². The Morgan fingerprint density at radius 2 is 1.79 bits per heavy atom. The topological polar surface area (TPSA) is 66.4 Å². The number of nitrogens with one attached hydrogen (secondary N) is 1. The Morgan fingerprint density at radius 1 is 1.26 bits per heavy atom. The standard InChI is InChI=1S/C12H12F3NO3/c1-7(17)16-10(6-11(18)19)8-2-4-9(5-3-8)12(13,14)15/h2-5,10H,6H2,1H3,(H,16,17)(H,18,19). The molecule has 0 fully saturated rings. The van der Waals surface area contributed by atoms with Gasteiger partial charge in [-0.1, -0.05) is 12.1 Å². The fraction of sp³-hybridized carbons (Fsp3) is 0.333. The number of carboxylic acid groups (broad SMARTS) is 1. The van der Waals surface area contributed by atoms with Crippen molar-refractivity contribution in [2.45, 2.75) is 25.6 Å². The normalized spacial score (nSPS) is 12.8. The fourth-order valence-electron chi connectivity index (χ4n) is 1.58. The van der Waals surface area contributed by atoms with Gasteiger partial charge in [-0.05, 0) is 17.7 Å². The van der Waals surface area contributed by atoms with Crippen LogP contribution in [0.2, 0.25) is 0 Å². The highest BCUT2D eigenvalue weighted by Crippen LogP contribution is 2.30. The van der Waals surface area contributed by atoms with Gasteiger partial charge >= 0.3 is 12.1 Å². The number of rotatable bonds is 4. The zero-order valence-electron chi connectivity index (χ0n) is 9.99. The Labute approximate surface area is 107 Å². The van der Waals surface area contributed by atoms with Crippen LogP contribution in [0.5, 0.6) is 0 Å². The van der Waals surface area contributed by atoms with Crippen molar-refractivity contribution < 1.29 is 27.9 Å². The minimum absolute atomic E-state index is 0.311. The lowest BCUT2D eigenvalue weighted by atomic mass is 10.0. The molecule has 1 unspecified atom stereocenters. The SMILES string of the molecule is CC(=O)NC(CC(=O)O)c1ccc(C(F)(F)F)cc1. The number of alkyl halides is 3. The zero-order valence-corrected chi connectivity index (χ0v) is 9.99. The van der Waals surface area contributed by atoms with Crippen molar-refractivity contribution in [2.24, 2.45) is 0 Å².